The van der Waals surface area contributed by atoms with Crippen molar-refractivity contribution in [3.63, 3.8) is 0 Å². The van der Waals surface area contributed by atoms with Crippen LogP contribution in [-0.2, 0) is 27.3 Å². The molecule has 1 atom stereocenters. The zero-order chi connectivity index (χ0) is 22.5. The van der Waals surface area contributed by atoms with E-state index in [0.29, 0.717) is 29.6 Å². The van der Waals surface area contributed by atoms with E-state index < -0.39 is 17.9 Å². The molecule has 0 saturated heterocycles. The molecule has 8 heteroatoms. The maximum absolute atomic E-state index is 12.6. The van der Waals surface area contributed by atoms with Crippen molar-refractivity contribution < 1.29 is 14.3 Å². The summed E-state index contributed by atoms with van der Waals surface area (Å²) < 4.78 is 6.62. The summed E-state index contributed by atoms with van der Waals surface area (Å²) in [6, 6.07) is 6.97. The highest BCUT2D eigenvalue weighted by atomic mass is 35.5. The summed E-state index contributed by atoms with van der Waals surface area (Å²) in [5.74, 6) is -0.532. The van der Waals surface area contributed by atoms with E-state index in [2.05, 4.69) is 29.2 Å². The molecule has 164 valence electrons. The molecule has 1 unspecified atom stereocenters. The van der Waals surface area contributed by atoms with Crippen LogP contribution in [0.3, 0.4) is 0 Å². The average molecular weight is 443 g/mol. The second-order valence-electron chi connectivity index (χ2n) is 7.85. The van der Waals surface area contributed by atoms with Crippen LogP contribution >= 0.6 is 11.6 Å². The highest BCUT2D eigenvalue weighted by molar-refractivity contribution is 6.31. The Labute approximate surface area is 186 Å². The number of para-hydroxylation sites is 1. The summed E-state index contributed by atoms with van der Waals surface area (Å²) in [6.45, 7) is 6.69. The standard InChI is InChI=1S/C23H27ClN4O3/c1-14(2)13-28-22(24)17(15(3)27-28)9-10-21(29)26-20(23(30)31-4)11-16-12-25-19-8-6-5-7-18(16)19/h5-10,12,14,20,25H,11,13H2,1-4H3,(H,26,29)/b10-9+. The number of rotatable bonds is 8. The summed E-state index contributed by atoms with van der Waals surface area (Å²) in [7, 11) is 1.30. The number of carbonyl (C=O) groups is 2. The van der Waals surface area contributed by atoms with E-state index in [1.807, 2.05) is 37.4 Å². The number of methoxy groups -OCH3 is 1. The number of nitrogens with one attached hydrogen (secondary N) is 2. The number of fused-ring (bicyclic) bond motifs is 1. The van der Waals surface area contributed by atoms with Gasteiger partial charge in [-0.1, -0.05) is 43.6 Å². The molecule has 3 aromatic rings. The minimum absolute atomic E-state index is 0.308. The molecular formula is C23H27ClN4O3. The number of ether oxygens (including phenoxy) is 1. The first-order chi connectivity index (χ1) is 14.8. The highest BCUT2D eigenvalue weighted by Gasteiger charge is 2.22. The van der Waals surface area contributed by atoms with E-state index in [1.165, 1.54) is 13.2 Å². The van der Waals surface area contributed by atoms with Crippen LogP contribution in [0.1, 0.15) is 30.7 Å². The lowest BCUT2D eigenvalue weighted by molar-refractivity contribution is -0.144. The van der Waals surface area contributed by atoms with E-state index in [4.69, 9.17) is 16.3 Å². The summed E-state index contributed by atoms with van der Waals surface area (Å²) >= 11 is 6.43. The molecule has 7 nitrogen and oxygen atoms in total. The van der Waals surface area contributed by atoms with E-state index in [0.717, 1.165) is 22.2 Å². The number of aromatic amines is 1. The maximum atomic E-state index is 12.6. The van der Waals surface area contributed by atoms with Gasteiger partial charge in [-0.25, -0.2) is 4.79 Å². The molecule has 2 heterocycles. The summed E-state index contributed by atoms with van der Waals surface area (Å²) in [5, 5.41) is 8.65. The Balaban J connectivity index is 1.74. The molecule has 0 spiro atoms. The number of nitrogens with zero attached hydrogens (tertiary/aromatic N) is 2. The van der Waals surface area contributed by atoms with Gasteiger partial charge in [0.25, 0.3) is 0 Å². The minimum atomic E-state index is -0.818. The molecule has 2 aromatic heterocycles. The van der Waals surface area contributed by atoms with Crippen molar-refractivity contribution in [3.05, 3.63) is 58.5 Å². The average Bonchev–Trinajstić information content (AvgIpc) is 3.25. The van der Waals surface area contributed by atoms with Crippen LogP contribution in [0.5, 0.6) is 0 Å². The Morgan fingerprint density at radius 2 is 2.06 bits per heavy atom. The fourth-order valence-corrected chi connectivity index (χ4v) is 3.76. The van der Waals surface area contributed by atoms with Gasteiger partial charge >= 0.3 is 5.97 Å². The third-order valence-corrected chi connectivity index (χ3v) is 5.35. The molecule has 0 bridgehead atoms. The number of benzene rings is 1. The largest absolute Gasteiger partial charge is 0.467 e. The van der Waals surface area contributed by atoms with Crippen molar-refractivity contribution >= 4 is 40.5 Å². The third kappa shape index (κ3) is 5.35. The zero-order valence-corrected chi connectivity index (χ0v) is 18.9. The van der Waals surface area contributed by atoms with Gasteiger partial charge in [0.05, 0.1) is 12.8 Å². The van der Waals surface area contributed by atoms with Gasteiger partial charge in [-0.05, 0) is 30.5 Å². The van der Waals surface area contributed by atoms with Crippen LogP contribution in [0, 0.1) is 12.8 Å². The third-order valence-electron chi connectivity index (χ3n) is 4.95. The predicted molar refractivity (Wildman–Crippen MR) is 122 cm³/mol. The number of aromatic nitrogens is 3. The lowest BCUT2D eigenvalue weighted by atomic mass is 10.0. The van der Waals surface area contributed by atoms with Gasteiger partial charge in [0.1, 0.15) is 11.2 Å². The van der Waals surface area contributed by atoms with Crippen molar-refractivity contribution in [1.29, 1.82) is 0 Å². The first-order valence-corrected chi connectivity index (χ1v) is 10.5. The van der Waals surface area contributed by atoms with Crippen LogP contribution < -0.4 is 5.32 Å². The smallest absolute Gasteiger partial charge is 0.328 e. The number of halogens is 1. The number of amides is 1. The van der Waals surface area contributed by atoms with E-state index >= 15 is 0 Å². The molecule has 0 saturated carbocycles. The van der Waals surface area contributed by atoms with E-state index in [1.54, 1.807) is 10.8 Å². The monoisotopic (exact) mass is 442 g/mol. The Hall–Kier alpha value is -3.06. The Bertz CT molecular complexity index is 1110. The van der Waals surface area contributed by atoms with Crippen LogP contribution in [-0.4, -0.2) is 39.8 Å². The summed E-state index contributed by atoms with van der Waals surface area (Å²) in [4.78, 5) is 28.0. The van der Waals surface area contributed by atoms with Crippen molar-refractivity contribution in [2.24, 2.45) is 5.92 Å². The number of H-pyrrole nitrogens is 1. The van der Waals surface area contributed by atoms with Gasteiger partial charge in [0, 0.05) is 41.7 Å². The Kier molecular flexibility index (Phi) is 7.17. The van der Waals surface area contributed by atoms with Gasteiger partial charge in [0.15, 0.2) is 0 Å². The molecule has 0 aliphatic carbocycles. The number of hydrogen-bond acceptors (Lipinski definition) is 4. The lowest BCUT2D eigenvalue weighted by Crippen LogP contribution is -2.42. The molecule has 0 radical (unpaired) electrons. The first-order valence-electron chi connectivity index (χ1n) is 10.1. The first kappa shape index (κ1) is 22.6. The van der Waals surface area contributed by atoms with Crippen molar-refractivity contribution in [1.82, 2.24) is 20.1 Å². The quantitative estimate of drug-likeness (QED) is 0.409. The molecule has 2 N–H and O–H groups in total. The number of aryl methyl sites for hydroxylation is 1. The normalized spacial score (nSPS) is 12.6. The van der Waals surface area contributed by atoms with Gasteiger partial charge in [-0.15, -0.1) is 0 Å². The highest BCUT2D eigenvalue weighted by Crippen LogP contribution is 2.22. The summed E-state index contributed by atoms with van der Waals surface area (Å²) in [5.41, 5.74) is 3.31. The van der Waals surface area contributed by atoms with Crippen molar-refractivity contribution in [2.75, 3.05) is 7.11 Å². The van der Waals surface area contributed by atoms with Crippen molar-refractivity contribution in [3.8, 4) is 0 Å². The second kappa shape index (κ2) is 9.83. The van der Waals surface area contributed by atoms with Crippen LogP contribution in [0.4, 0.5) is 0 Å². The van der Waals surface area contributed by atoms with Crippen LogP contribution in [0.2, 0.25) is 5.15 Å². The topological polar surface area (TPSA) is 89.0 Å². The maximum Gasteiger partial charge on any atom is 0.328 e. The molecule has 0 fully saturated rings. The van der Waals surface area contributed by atoms with Crippen LogP contribution in [0.25, 0.3) is 17.0 Å². The fraction of sp³-hybridized carbons (Fsp3) is 0.348. The van der Waals surface area contributed by atoms with Gasteiger partial charge in [-0.3, -0.25) is 9.48 Å². The zero-order valence-electron chi connectivity index (χ0n) is 18.1. The van der Waals surface area contributed by atoms with Gasteiger partial charge in [-0.2, -0.15) is 5.10 Å². The molecule has 31 heavy (non-hydrogen) atoms. The number of carbonyl (C=O) groups excluding carboxylic acids is 2. The van der Waals surface area contributed by atoms with Gasteiger partial charge < -0.3 is 15.0 Å². The molecular weight excluding hydrogens is 416 g/mol. The van der Waals surface area contributed by atoms with Crippen LogP contribution in [0.15, 0.2) is 36.5 Å². The van der Waals surface area contributed by atoms with E-state index in [9.17, 15) is 9.59 Å². The fourth-order valence-electron chi connectivity index (χ4n) is 3.46. The minimum Gasteiger partial charge on any atom is -0.467 e. The lowest BCUT2D eigenvalue weighted by Gasteiger charge is -2.15. The molecule has 1 amide bonds. The van der Waals surface area contributed by atoms with E-state index in [-0.39, 0.29) is 0 Å². The SMILES string of the molecule is COC(=O)C(Cc1c[nH]c2ccccc12)NC(=O)/C=C/c1c(C)nn(CC(C)C)c1Cl. The van der Waals surface area contributed by atoms with Gasteiger partial charge in [0.2, 0.25) is 5.91 Å². The predicted octanol–water partition coefficient (Wildman–Crippen LogP) is 3.90. The van der Waals surface area contributed by atoms with Crippen molar-refractivity contribution in [2.45, 2.75) is 39.8 Å². The number of hydrogen-bond donors (Lipinski definition) is 2. The Morgan fingerprint density at radius 3 is 2.77 bits per heavy atom. The molecule has 1 aromatic carbocycles. The second-order valence-corrected chi connectivity index (χ2v) is 8.21. The molecule has 0 aliphatic heterocycles. The number of esters is 1. The molecule has 0 aliphatic rings. The summed E-state index contributed by atoms with van der Waals surface area (Å²) in [6.07, 6.45) is 5.13. The Morgan fingerprint density at radius 1 is 1.32 bits per heavy atom. The molecule has 3 rings (SSSR count).